The van der Waals surface area contributed by atoms with E-state index in [9.17, 15) is 0 Å². The molecular weight excluding hydrogens is 1220 g/mol. The molecule has 8 aromatic heterocycles. The van der Waals surface area contributed by atoms with Gasteiger partial charge in [0, 0.05) is 87.6 Å². The van der Waals surface area contributed by atoms with Crippen LogP contribution in [0.3, 0.4) is 0 Å². The molecule has 0 aliphatic carbocycles. The van der Waals surface area contributed by atoms with Gasteiger partial charge in [0.05, 0.1) is 22.8 Å². The van der Waals surface area contributed by atoms with Crippen LogP contribution in [-0.2, 0) is 0 Å². The Kier molecular flexibility index (Phi) is 11.3. The molecule has 20 heteroatoms. The summed E-state index contributed by atoms with van der Waals surface area (Å²) in [5.74, 6) is 3.35. The first kappa shape index (κ1) is 53.4. The molecule has 4 aliphatic rings. The van der Waals surface area contributed by atoms with E-state index in [0.717, 1.165) is 87.6 Å². The van der Waals surface area contributed by atoms with Crippen molar-refractivity contribution in [3.8, 4) is 137 Å². The minimum Gasteiger partial charge on any atom is -0.324 e. The third-order valence-corrected chi connectivity index (χ3v) is 18.3. The number of hydrogen-bond acceptors (Lipinski definition) is 16. The summed E-state index contributed by atoms with van der Waals surface area (Å²) in [6.07, 6.45) is 0. The van der Waals surface area contributed by atoms with Gasteiger partial charge in [0.1, 0.15) is 68.0 Å². The second-order valence-electron chi connectivity index (χ2n) is 24.0. The SMILES string of the molecule is c1ccc(-c2nc3c(nc2-c2ccc(-c4nc5c(nc4-c4ccccc4)-c4nc-5nc5[nH]c(nc6nc(nc7[nH]c(n4)c4ccccc74)-c4ccccc4-6)c4ccccc54)cc2)-c2nc-3nc3[nH]c(nc4nc(nc5[nH]c(n2)c2ccccc52)-c2ccccc2-4)c2ccccc32)cc1. The molecule has 12 heterocycles. The number of benzene rings is 9. The van der Waals surface area contributed by atoms with E-state index in [1.165, 1.54) is 0 Å². The van der Waals surface area contributed by atoms with Crippen LogP contribution in [0.2, 0.25) is 0 Å². The van der Waals surface area contributed by atoms with Crippen LogP contribution in [0.4, 0.5) is 0 Å². The average Bonchev–Trinajstić information content (AvgIpc) is 1.54. The first-order valence-electron chi connectivity index (χ1n) is 31.8. The molecule has 0 saturated carbocycles. The maximum Gasteiger partial charge on any atom is 0.184 e. The number of nitrogens with zero attached hydrogens (tertiary/aromatic N) is 16. The fourth-order valence-corrected chi connectivity index (χ4v) is 13.7. The Bertz CT molecular complexity index is 6300. The van der Waals surface area contributed by atoms with Crippen LogP contribution in [0.5, 0.6) is 0 Å². The second kappa shape index (κ2) is 20.7. The number of aromatic nitrogens is 20. The van der Waals surface area contributed by atoms with Crippen molar-refractivity contribution >= 4 is 88.3 Å². The Labute approximate surface area is 552 Å². The van der Waals surface area contributed by atoms with Crippen LogP contribution in [-0.4, -0.2) is 99.7 Å². The summed E-state index contributed by atoms with van der Waals surface area (Å²) in [5, 5.41) is 6.75. The maximum absolute atomic E-state index is 5.58. The van der Waals surface area contributed by atoms with Crippen LogP contribution in [0.15, 0.2) is 231 Å². The largest absolute Gasteiger partial charge is 0.324 e. The number of hydrogen-bond donors (Lipinski definition) is 4. The van der Waals surface area contributed by atoms with Gasteiger partial charge in [-0.3, -0.25) is 0 Å². The predicted octanol–water partition coefficient (Wildman–Crippen LogP) is 16.3. The molecule has 0 atom stereocenters. The van der Waals surface area contributed by atoms with Crippen LogP contribution in [0.25, 0.3) is 225 Å². The third-order valence-electron chi connectivity index (χ3n) is 18.3. The summed E-state index contributed by atoms with van der Waals surface area (Å²) in [4.78, 5) is 99.1. The van der Waals surface area contributed by atoms with E-state index in [0.29, 0.717) is 137 Å². The summed E-state index contributed by atoms with van der Waals surface area (Å²) in [5.41, 5.74) is 15.3. The van der Waals surface area contributed by atoms with E-state index < -0.39 is 0 Å². The van der Waals surface area contributed by atoms with Crippen molar-refractivity contribution in [1.29, 1.82) is 0 Å². The predicted molar refractivity (Wildman–Crippen MR) is 379 cm³/mol. The van der Waals surface area contributed by atoms with E-state index in [1.807, 2.05) is 231 Å². The van der Waals surface area contributed by atoms with Crippen molar-refractivity contribution in [2.24, 2.45) is 0 Å². The monoisotopic (exact) mass is 1260 g/mol. The Hall–Kier alpha value is -14.1. The fourth-order valence-electron chi connectivity index (χ4n) is 13.7. The van der Waals surface area contributed by atoms with Gasteiger partial charge in [-0.05, 0) is 0 Å². The highest BCUT2D eigenvalue weighted by atomic mass is 15.1. The zero-order chi connectivity index (χ0) is 64.1. The summed E-state index contributed by atoms with van der Waals surface area (Å²) < 4.78 is 0. The second-order valence-corrected chi connectivity index (χ2v) is 24.0. The van der Waals surface area contributed by atoms with Crippen molar-refractivity contribution in [2.45, 2.75) is 0 Å². The molecule has 4 aliphatic heterocycles. The van der Waals surface area contributed by atoms with Gasteiger partial charge < -0.3 is 19.9 Å². The van der Waals surface area contributed by atoms with Crippen molar-refractivity contribution in [1.82, 2.24) is 99.7 Å². The molecule has 0 fully saturated rings. The lowest BCUT2D eigenvalue weighted by molar-refractivity contribution is 1.18. The van der Waals surface area contributed by atoms with Crippen LogP contribution < -0.4 is 0 Å². The number of fused-ring (bicyclic) bond motifs is 40. The normalized spacial score (nSPS) is 12.1. The molecule has 0 unspecified atom stereocenters. The molecule has 21 rings (SSSR count). The summed E-state index contributed by atoms with van der Waals surface area (Å²) in [7, 11) is 0. The van der Waals surface area contributed by atoms with Gasteiger partial charge in [-0.25, -0.2) is 79.7 Å². The van der Waals surface area contributed by atoms with Gasteiger partial charge in [-0.1, -0.05) is 231 Å². The molecule has 0 spiro atoms. The van der Waals surface area contributed by atoms with Crippen LogP contribution in [0.1, 0.15) is 0 Å². The quantitative estimate of drug-likeness (QED) is 0.128. The topological polar surface area (TPSA) is 269 Å². The fraction of sp³-hybridized carbons (Fsp3) is 0. The van der Waals surface area contributed by atoms with E-state index >= 15 is 0 Å². The highest BCUT2D eigenvalue weighted by molar-refractivity contribution is 6.09. The van der Waals surface area contributed by atoms with Crippen molar-refractivity contribution in [3.05, 3.63) is 231 Å². The first-order chi connectivity index (χ1) is 48.5. The maximum atomic E-state index is 5.58. The molecule has 17 aromatic rings. The zero-order valence-corrected chi connectivity index (χ0v) is 51.1. The van der Waals surface area contributed by atoms with Gasteiger partial charge in [-0.15, -0.1) is 0 Å². The highest BCUT2D eigenvalue weighted by Crippen LogP contribution is 2.44. The molecule has 20 nitrogen and oxygen atoms in total. The average molecular weight is 1260 g/mol. The standard InChI is InChI=1S/C78H42N20/c1-3-19-39(20-4-1)55-57(81-61-59(79-55)75-93-71-51-31-15-11-27-47(51)67(89-71)85-63-43-23-7-9-25-45(43)65(83-63)87-69-49-29-13-17-33-53(49)73(91-69)95-77(61)97-75)41-35-37-42(38-36-41)58-56(40-21-5-2-6-22-40)80-60-62(82-58)78-96-74-54-34-18-14-30-50(54)70(92-74)88-66-46-26-10-8-24-44(46)64(84-66)86-68-48-28-12-16-32-52(48)72(90-68)94-76(60)98-78/h1-38H,(H2,83,85,87,89,91,93,95,97)(H2,84,86,88,90,92,94,96,98). The minimum absolute atomic E-state index is 0.309. The van der Waals surface area contributed by atoms with Gasteiger partial charge in [-0.2, -0.15) is 0 Å². The van der Waals surface area contributed by atoms with E-state index in [4.69, 9.17) is 79.7 Å². The lowest BCUT2D eigenvalue weighted by Gasteiger charge is -2.13. The van der Waals surface area contributed by atoms with Gasteiger partial charge in [0.15, 0.2) is 46.6 Å². The van der Waals surface area contributed by atoms with Crippen LogP contribution >= 0.6 is 0 Å². The van der Waals surface area contributed by atoms with Gasteiger partial charge in [0.2, 0.25) is 0 Å². The van der Waals surface area contributed by atoms with E-state index in [-0.39, 0.29) is 0 Å². The van der Waals surface area contributed by atoms with E-state index in [1.54, 1.807) is 0 Å². The summed E-state index contributed by atoms with van der Waals surface area (Å²) in [6, 6.07) is 76.2. The van der Waals surface area contributed by atoms with Crippen molar-refractivity contribution < 1.29 is 0 Å². The van der Waals surface area contributed by atoms with Gasteiger partial charge >= 0.3 is 0 Å². The molecule has 0 radical (unpaired) electrons. The smallest absolute Gasteiger partial charge is 0.184 e. The zero-order valence-electron chi connectivity index (χ0n) is 51.1. The molecular formula is C78H42N20. The minimum atomic E-state index is 0.309. The van der Waals surface area contributed by atoms with Gasteiger partial charge in [0.25, 0.3) is 0 Å². The molecule has 4 N–H and O–H groups in total. The number of rotatable bonds is 4. The Morgan fingerprint density at radius 1 is 0.143 bits per heavy atom. The Balaban J connectivity index is 0.772. The Morgan fingerprint density at radius 3 is 0.561 bits per heavy atom. The van der Waals surface area contributed by atoms with Crippen LogP contribution in [0, 0.1) is 0 Å². The molecule has 454 valence electrons. The summed E-state index contributed by atoms with van der Waals surface area (Å²) in [6.45, 7) is 0. The van der Waals surface area contributed by atoms with Crippen molar-refractivity contribution in [3.63, 3.8) is 0 Å². The van der Waals surface area contributed by atoms with Crippen molar-refractivity contribution in [2.75, 3.05) is 0 Å². The third kappa shape index (κ3) is 8.31. The first-order valence-corrected chi connectivity index (χ1v) is 31.8. The molecule has 98 heavy (non-hydrogen) atoms. The lowest BCUT2D eigenvalue weighted by atomic mass is 9.99. The molecule has 9 aromatic carbocycles. The number of aromatic amines is 4. The molecule has 16 bridgehead atoms. The number of H-pyrrole nitrogens is 4. The number of nitrogens with one attached hydrogen (secondary N) is 4. The Morgan fingerprint density at radius 2 is 0.327 bits per heavy atom. The molecule has 0 amide bonds. The molecule has 0 saturated heterocycles. The lowest BCUT2D eigenvalue weighted by Crippen LogP contribution is -2.00. The summed E-state index contributed by atoms with van der Waals surface area (Å²) >= 11 is 0. The van der Waals surface area contributed by atoms with E-state index in [2.05, 4.69) is 19.9 Å². The highest BCUT2D eigenvalue weighted by Gasteiger charge is 2.31.